The number of hydrogen-bond donors (Lipinski definition) is 1. The van der Waals surface area contributed by atoms with Crippen molar-refractivity contribution in [3.8, 4) is 11.8 Å². The Morgan fingerprint density at radius 3 is 2.90 bits per heavy atom. The molecule has 0 atom stereocenters. The summed E-state index contributed by atoms with van der Waals surface area (Å²) in [6, 6.07) is 7.14. The van der Waals surface area contributed by atoms with Crippen molar-refractivity contribution in [2.24, 2.45) is 0 Å². The van der Waals surface area contributed by atoms with Crippen molar-refractivity contribution in [2.75, 3.05) is 19.6 Å². The lowest BCUT2D eigenvalue weighted by atomic mass is 9.86. The Kier molecular flexibility index (Phi) is 3.34. The van der Waals surface area contributed by atoms with Gasteiger partial charge >= 0.3 is 0 Å². The first-order valence-corrected chi connectivity index (χ1v) is 7.27. The van der Waals surface area contributed by atoms with Crippen LogP contribution >= 0.6 is 0 Å². The number of aromatic hydroxyl groups is 1. The van der Waals surface area contributed by atoms with Crippen LogP contribution in [0.3, 0.4) is 0 Å². The quantitative estimate of drug-likeness (QED) is 0.893. The standard InChI is InChI=1S/C16H19N3O2/c1-12(20)19-6-2-5-16(19)10-18(11-16)9-13-3-4-15(21)14(7-13)8-17/h3-4,7,21H,2,5-6,9-11H2,1H3. The third kappa shape index (κ3) is 2.36. The minimum Gasteiger partial charge on any atom is -0.507 e. The van der Waals surface area contributed by atoms with Crippen LogP contribution in [0, 0.1) is 11.3 Å². The van der Waals surface area contributed by atoms with Crippen LogP contribution in [-0.2, 0) is 11.3 Å². The predicted molar refractivity (Wildman–Crippen MR) is 77.5 cm³/mol. The molecule has 1 aromatic rings. The molecule has 1 aromatic carbocycles. The Morgan fingerprint density at radius 1 is 1.48 bits per heavy atom. The normalized spacial score (nSPS) is 20.3. The molecule has 1 amide bonds. The molecular weight excluding hydrogens is 266 g/mol. The van der Waals surface area contributed by atoms with E-state index < -0.39 is 0 Å². The fourth-order valence-corrected chi connectivity index (χ4v) is 3.69. The Bertz CT molecular complexity index is 614. The number of carbonyl (C=O) groups excluding carboxylic acids is 1. The van der Waals surface area contributed by atoms with Gasteiger partial charge in [-0.1, -0.05) is 6.07 Å². The molecule has 1 spiro atoms. The van der Waals surface area contributed by atoms with E-state index in [1.54, 1.807) is 19.1 Å². The smallest absolute Gasteiger partial charge is 0.219 e. The highest BCUT2D eigenvalue weighted by molar-refractivity contribution is 5.75. The van der Waals surface area contributed by atoms with E-state index in [1.165, 1.54) is 0 Å². The molecule has 2 aliphatic rings. The first-order valence-electron chi connectivity index (χ1n) is 7.27. The van der Waals surface area contributed by atoms with Crippen LogP contribution in [0.1, 0.15) is 30.9 Å². The number of phenolic OH excluding ortho intramolecular Hbond substituents is 1. The number of carbonyl (C=O) groups is 1. The molecule has 5 nitrogen and oxygen atoms in total. The van der Waals surface area contributed by atoms with E-state index in [0.717, 1.165) is 44.6 Å². The van der Waals surface area contributed by atoms with Gasteiger partial charge in [0.2, 0.25) is 5.91 Å². The molecule has 2 heterocycles. The maximum absolute atomic E-state index is 11.7. The van der Waals surface area contributed by atoms with Gasteiger partial charge in [0.15, 0.2) is 0 Å². The van der Waals surface area contributed by atoms with E-state index in [2.05, 4.69) is 4.90 Å². The van der Waals surface area contributed by atoms with Gasteiger partial charge in [0.05, 0.1) is 11.1 Å². The lowest BCUT2D eigenvalue weighted by molar-refractivity contribution is -0.140. The molecule has 3 rings (SSSR count). The molecule has 0 saturated carbocycles. The van der Waals surface area contributed by atoms with Crippen LogP contribution in [-0.4, -0.2) is 46.0 Å². The molecule has 0 bridgehead atoms. The second-order valence-corrected chi connectivity index (χ2v) is 6.11. The summed E-state index contributed by atoms with van der Waals surface area (Å²) in [6.45, 7) is 5.07. The van der Waals surface area contributed by atoms with Gasteiger partial charge in [0.25, 0.3) is 0 Å². The third-order valence-electron chi connectivity index (χ3n) is 4.60. The minimum absolute atomic E-state index is 0.0277. The van der Waals surface area contributed by atoms with Crippen LogP contribution in [0.2, 0.25) is 0 Å². The molecule has 2 aliphatic heterocycles. The van der Waals surface area contributed by atoms with Crippen LogP contribution in [0.15, 0.2) is 18.2 Å². The summed E-state index contributed by atoms with van der Waals surface area (Å²) >= 11 is 0. The maximum atomic E-state index is 11.7. The van der Waals surface area contributed by atoms with E-state index in [1.807, 2.05) is 17.0 Å². The second kappa shape index (κ2) is 5.05. The van der Waals surface area contributed by atoms with Gasteiger partial charge in [0, 0.05) is 33.1 Å². The third-order valence-corrected chi connectivity index (χ3v) is 4.60. The molecule has 0 aromatic heterocycles. The Labute approximate surface area is 124 Å². The minimum atomic E-state index is 0.0277. The second-order valence-electron chi connectivity index (χ2n) is 6.11. The summed E-state index contributed by atoms with van der Waals surface area (Å²) in [4.78, 5) is 16.0. The van der Waals surface area contributed by atoms with Gasteiger partial charge in [-0.05, 0) is 30.5 Å². The van der Waals surface area contributed by atoms with Gasteiger partial charge in [-0.3, -0.25) is 9.69 Å². The summed E-state index contributed by atoms with van der Waals surface area (Å²) in [6.07, 6.45) is 2.17. The maximum Gasteiger partial charge on any atom is 0.219 e. The lowest BCUT2D eigenvalue weighted by Crippen LogP contribution is -2.68. The van der Waals surface area contributed by atoms with Crippen molar-refractivity contribution in [1.29, 1.82) is 5.26 Å². The molecule has 0 radical (unpaired) electrons. The number of benzene rings is 1. The first-order chi connectivity index (χ1) is 10.0. The first kappa shape index (κ1) is 13.9. The highest BCUT2D eigenvalue weighted by Gasteiger charge is 2.50. The van der Waals surface area contributed by atoms with Crippen molar-refractivity contribution in [2.45, 2.75) is 31.8 Å². The number of nitriles is 1. The fraction of sp³-hybridized carbons (Fsp3) is 0.500. The summed E-state index contributed by atoms with van der Waals surface area (Å²) in [5.41, 5.74) is 1.38. The summed E-state index contributed by atoms with van der Waals surface area (Å²) in [7, 11) is 0. The van der Waals surface area contributed by atoms with Crippen molar-refractivity contribution in [3.05, 3.63) is 29.3 Å². The number of phenols is 1. The zero-order chi connectivity index (χ0) is 15.0. The Morgan fingerprint density at radius 2 is 2.24 bits per heavy atom. The molecule has 0 unspecified atom stereocenters. The largest absolute Gasteiger partial charge is 0.507 e. The molecule has 1 N–H and O–H groups in total. The van der Waals surface area contributed by atoms with Gasteiger partial charge < -0.3 is 10.0 Å². The molecule has 21 heavy (non-hydrogen) atoms. The average molecular weight is 285 g/mol. The van der Waals surface area contributed by atoms with Crippen LogP contribution in [0.4, 0.5) is 0 Å². The number of likely N-dealkylation sites (tertiary alicyclic amines) is 2. The van der Waals surface area contributed by atoms with E-state index >= 15 is 0 Å². The lowest BCUT2D eigenvalue weighted by Gasteiger charge is -2.52. The fourth-order valence-electron chi connectivity index (χ4n) is 3.69. The monoisotopic (exact) mass is 285 g/mol. The van der Waals surface area contributed by atoms with Crippen LogP contribution in [0.5, 0.6) is 5.75 Å². The molecule has 110 valence electrons. The number of hydrogen-bond acceptors (Lipinski definition) is 4. The zero-order valence-corrected chi connectivity index (χ0v) is 12.2. The van der Waals surface area contributed by atoms with Crippen molar-refractivity contribution in [1.82, 2.24) is 9.80 Å². The van der Waals surface area contributed by atoms with E-state index in [0.29, 0.717) is 5.56 Å². The SMILES string of the molecule is CC(=O)N1CCCC12CN(Cc1ccc(O)c(C#N)c1)C2. The number of nitrogens with zero attached hydrogens (tertiary/aromatic N) is 3. The molecule has 5 heteroatoms. The topological polar surface area (TPSA) is 67.6 Å². The van der Waals surface area contributed by atoms with Crippen molar-refractivity contribution in [3.63, 3.8) is 0 Å². The van der Waals surface area contributed by atoms with Gasteiger partial charge in [-0.25, -0.2) is 0 Å². The predicted octanol–water partition coefficient (Wildman–Crippen LogP) is 1.46. The van der Waals surface area contributed by atoms with E-state index in [-0.39, 0.29) is 17.2 Å². The van der Waals surface area contributed by atoms with Gasteiger partial charge in [-0.2, -0.15) is 5.26 Å². The number of rotatable bonds is 2. The highest BCUT2D eigenvalue weighted by Crippen LogP contribution is 2.38. The van der Waals surface area contributed by atoms with Crippen molar-refractivity contribution < 1.29 is 9.90 Å². The van der Waals surface area contributed by atoms with Gasteiger partial charge in [0.1, 0.15) is 11.8 Å². The van der Waals surface area contributed by atoms with Crippen LogP contribution in [0.25, 0.3) is 0 Å². The van der Waals surface area contributed by atoms with E-state index in [4.69, 9.17) is 5.26 Å². The molecule has 0 aliphatic carbocycles. The summed E-state index contributed by atoms with van der Waals surface area (Å²) in [5.74, 6) is 0.198. The summed E-state index contributed by atoms with van der Waals surface area (Å²) < 4.78 is 0. The van der Waals surface area contributed by atoms with Crippen molar-refractivity contribution >= 4 is 5.91 Å². The molecule has 2 saturated heterocycles. The average Bonchev–Trinajstić information content (AvgIpc) is 2.85. The number of amides is 1. The Hall–Kier alpha value is -2.06. The van der Waals surface area contributed by atoms with E-state index in [9.17, 15) is 9.90 Å². The zero-order valence-electron chi connectivity index (χ0n) is 12.2. The van der Waals surface area contributed by atoms with Gasteiger partial charge in [-0.15, -0.1) is 0 Å². The molecular formula is C16H19N3O2. The summed E-state index contributed by atoms with van der Waals surface area (Å²) in [5, 5.41) is 18.5. The highest BCUT2D eigenvalue weighted by atomic mass is 16.3. The Balaban J connectivity index is 1.65. The molecule has 2 fully saturated rings. The van der Waals surface area contributed by atoms with Crippen LogP contribution < -0.4 is 0 Å².